The quantitative estimate of drug-likeness (QED) is 0.774. The Labute approximate surface area is 140 Å². The lowest BCUT2D eigenvalue weighted by atomic mass is 10.2. The van der Waals surface area contributed by atoms with E-state index in [4.69, 9.17) is 11.6 Å². The molecule has 1 heterocycles. The van der Waals surface area contributed by atoms with Crippen LogP contribution in [0.1, 0.15) is 17.8 Å². The molecule has 1 aromatic heterocycles. The van der Waals surface area contributed by atoms with Gasteiger partial charge in [-0.2, -0.15) is 0 Å². The van der Waals surface area contributed by atoms with Gasteiger partial charge in [-0.3, -0.25) is 4.79 Å². The van der Waals surface area contributed by atoms with Crippen LogP contribution in [0.15, 0.2) is 48.5 Å². The number of hydrogen-bond acceptors (Lipinski definition) is 2. The van der Waals surface area contributed by atoms with Gasteiger partial charge in [-0.05, 0) is 23.8 Å². The number of benzene rings is 2. The Morgan fingerprint density at radius 3 is 2.70 bits per heavy atom. The number of aryl methyl sites for hydroxylation is 1. The van der Waals surface area contributed by atoms with Crippen LogP contribution in [0.3, 0.4) is 0 Å². The Balaban J connectivity index is 1.59. The smallest absolute Gasteiger partial charge is 0.223 e. The number of fused-ring (bicyclic) bond motifs is 1. The number of nitrogens with zero attached hydrogens (tertiary/aromatic N) is 2. The normalized spacial score (nSPS) is 10.9. The highest BCUT2D eigenvalue weighted by atomic mass is 35.5. The first-order valence-electron chi connectivity index (χ1n) is 7.54. The summed E-state index contributed by atoms with van der Waals surface area (Å²) in [5, 5.41) is 0.685. The molecular formula is C18H18ClN3O. The number of H-pyrrole nitrogens is 1. The second-order valence-corrected chi connectivity index (χ2v) is 5.95. The van der Waals surface area contributed by atoms with Gasteiger partial charge in [-0.15, -0.1) is 0 Å². The van der Waals surface area contributed by atoms with Crippen molar-refractivity contribution >= 4 is 28.5 Å². The van der Waals surface area contributed by atoms with Crippen molar-refractivity contribution in [1.29, 1.82) is 0 Å². The highest BCUT2D eigenvalue weighted by Crippen LogP contribution is 2.17. The summed E-state index contributed by atoms with van der Waals surface area (Å²) in [4.78, 5) is 21.7. The number of hydrogen-bond donors (Lipinski definition) is 1. The van der Waals surface area contributed by atoms with E-state index in [9.17, 15) is 4.79 Å². The van der Waals surface area contributed by atoms with E-state index in [2.05, 4.69) is 9.97 Å². The Kier molecular flexibility index (Phi) is 4.63. The Bertz CT molecular complexity index is 795. The van der Waals surface area contributed by atoms with Crippen molar-refractivity contribution in [3.05, 3.63) is 64.9 Å². The van der Waals surface area contributed by atoms with Gasteiger partial charge in [0.1, 0.15) is 5.82 Å². The van der Waals surface area contributed by atoms with E-state index in [0.29, 0.717) is 24.4 Å². The van der Waals surface area contributed by atoms with Gasteiger partial charge in [-0.25, -0.2) is 4.98 Å². The average Bonchev–Trinajstić information content (AvgIpc) is 2.97. The van der Waals surface area contributed by atoms with Gasteiger partial charge < -0.3 is 9.88 Å². The molecule has 118 valence electrons. The minimum absolute atomic E-state index is 0.0744. The number of para-hydroxylation sites is 2. The standard InChI is InChI=1S/C18H18ClN3O/c1-22(12-13-6-2-3-7-14(13)19)18(23)11-10-17-20-15-8-4-5-9-16(15)21-17/h2-9H,10-12H2,1H3,(H,20,21). The lowest BCUT2D eigenvalue weighted by Crippen LogP contribution is -2.26. The summed E-state index contributed by atoms with van der Waals surface area (Å²) < 4.78 is 0. The van der Waals surface area contributed by atoms with Crippen LogP contribution in [0, 0.1) is 0 Å². The second-order valence-electron chi connectivity index (χ2n) is 5.54. The molecule has 0 spiro atoms. The van der Waals surface area contributed by atoms with Gasteiger partial charge in [-0.1, -0.05) is 41.9 Å². The number of halogens is 1. The van der Waals surface area contributed by atoms with Crippen LogP contribution in [-0.4, -0.2) is 27.8 Å². The number of aromatic nitrogens is 2. The van der Waals surface area contributed by atoms with Crippen LogP contribution >= 0.6 is 11.6 Å². The zero-order valence-corrected chi connectivity index (χ0v) is 13.7. The molecule has 0 fully saturated rings. The summed E-state index contributed by atoms with van der Waals surface area (Å²) in [6.45, 7) is 0.513. The van der Waals surface area contributed by atoms with Crippen LogP contribution in [-0.2, 0) is 17.8 Å². The number of rotatable bonds is 5. The minimum atomic E-state index is 0.0744. The third-order valence-electron chi connectivity index (χ3n) is 3.81. The molecule has 0 aliphatic heterocycles. The Morgan fingerprint density at radius 1 is 1.17 bits per heavy atom. The third-order valence-corrected chi connectivity index (χ3v) is 4.17. The van der Waals surface area contributed by atoms with Crippen molar-refractivity contribution in [3.8, 4) is 0 Å². The summed E-state index contributed by atoms with van der Waals surface area (Å²) in [5.74, 6) is 0.913. The van der Waals surface area contributed by atoms with E-state index in [0.717, 1.165) is 22.4 Å². The van der Waals surface area contributed by atoms with E-state index >= 15 is 0 Å². The van der Waals surface area contributed by atoms with E-state index in [1.165, 1.54) is 0 Å². The summed E-state index contributed by atoms with van der Waals surface area (Å²) in [6, 6.07) is 15.4. The molecular weight excluding hydrogens is 310 g/mol. The van der Waals surface area contributed by atoms with Gasteiger partial charge in [0.25, 0.3) is 0 Å². The number of carbonyl (C=O) groups is 1. The van der Waals surface area contributed by atoms with Crippen LogP contribution < -0.4 is 0 Å². The van der Waals surface area contributed by atoms with Gasteiger partial charge in [0, 0.05) is 31.5 Å². The maximum atomic E-state index is 12.3. The Morgan fingerprint density at radius 2 is 1.91 bits per heavy atom. The molecule has 3 rings (SSSR count). The first-order chi connectivity index (χ1) is 11.1. The van der Waals surface area contributed by atoms with Crippen LogP contribution in [0.4, 0.5) is 0 Å². The fourth-order valence-corrected chi connectivity index (χ4v) is 2.71. The number of aromatic amines is 1. The van der Waals surface area contributed by atoms with Gasteiger partial charge in [0.15, 0.2) is 0 Å². The monoisotopic (exact) mass is 327 g/mol. The van der Waals surface area contributed by atoms with Crippen molar-refractivity contribution < 1.29 is 4.79 Å². The van der Waals surface area contributed by atoms with E-state index in [1.807, 2.05) is 48.5 Å². The molecule has 0 unspecified atom stereocenters. The summed E-state index contributed by atoms with van der Waals surface area (Å²) >= 11 is 6.14. The minimum Gasteiger partial charge on any atom is -0.342 e. The summed E-state index contributed by atoms with van der Waals surface area (Å²) in [7, 11) is 1.80. The molecule has 0 bridgehead atoms. The molecule has 0 radical (unpaired) electrons. The van der Waals surface area contributed by atoms with Gasteiger partial charge in [0.2, 0.25) is 5.91 Å². The van der Waals surface area contributed by atoms with E-state index < -0.39 is 0 Å². The molecule has 0 aliphatic carbocycles. The highest BCUT2D eigenvalue weighted by molar-refractivity contribution is 6.31. The maximum absolute atomic E-state index is 12.3. The lowest BCUT2D eigenvalue weighted by molar-refractivity contribution is -0.130. The number of nitrogens with one attached hydrogen (secondary N) is 1. The zero-order valence-electron chi connectivity index (χ0n) is 12.9. The number of carbonyl (C=O) groups excluding carboxylic acids is 1. The topological polar surface area (TPSA) is 49.0 Å². The van der Waals surface area contributed by atoms with Gasteiger partial charge >= 0.3 is 0 Å². The average molecular weight is 328 g/mol. The summed E-state index contributed by atoms with van der Waals surface area (Å²) in [6.07, 6.45) is 1.02. The van der Waals surface area contributed by atoms with Crippen molar-refractivity contribution in [1.82, 2.24) is 14.9 Å². The molecule has 0 saturated carbocycles. The molecule has 0 aliphatic rings. The molecule has 1 N–H and O–H groups in total. The second kappa shape index (κ2) is 6.84. The van der Waals surface area contributed by atoms with Crippen LogP contribution in [0.2, 0.25) is 5.02 Å². The van der Waals surface area contributed by atoms with Crippen molar-refractivity contribution in [2.45, 2.75) is 19.4 Å². The number of imidazole rings is 1. The fourth-order valence-electron chi connectivity index (χ4n) is 2.51. The van der Waals surface area contributed by atoms with Crippen molar-refractivity contribution in [3.63, 3.8) is 0 Å². The van der Waals surface area contributed by atoms with Crippen molar-refractivity contribution in [2.24, 2.45) is 0 Å². The first-order valence-corrected chi connectivity index (χ1v) is 7.92. The third kappa shape index (κ3) is 3.71. The molecule has 23 heavy (non-hydrogen) atoms. The van der Waals surface area contributed by atoms with Gasteiger partial charge in [0.05, 0.1) is 11.0 Å². The fraction of sp³-hybridized carbons (Fsp3) is 0.222. The van der Waals surface area contributed by atoms with Crippen LogP contribution in [0.5, 0.6) is 0 Å². The van der Waals surface area contributed by atoms with E-state index in [1.54, 1.807) is 11.9 Å². The van der Waals surface area contributed by atoms with Crippen LogP contribution in [0.25, 0.3) is 11.0 Å². The van der Waals surface area contributed by atoms with E-state index in [-0.39, 0.29) is 5.91 Å². The highest BCUT2D eigenvalue weighted by Gasteiger charge is 2.12. The SMILES string of the molecule is CN(Cc1ccccc1Cl)C(=O)CCc1nc2ccccc2[nH]1. The molecule has 2 aromatic carbocycles. The first kappa shape index (κ1) is 15.6. The maximum Gasteiger partial charge on any atom is 0.223 e. The zero-order chi connectivity index (χ0) is 16.2. The molecule has 5 heteroatoms. The van der Waals surface area contributed by atoms with Crippen molar-refractivity contribution in [2.75, 3.05) is 7.05 Å². The molecule has 0 atom stereocenters. The predicted molar refractivity (Wildman–Crippen MR) is 92.3 cm³/mol. The largest absolute Gasteiger partial charge is 0.342 e. The lowest BCUT2D eigenvalue weighted by Gasteiger charge is -2.17. The molecule has 4 nitrogen and oxygen atoms in total. The molecule has 1 amide bonds. The predicted octanol–water partition coefficient (Wildman–Crippen LogP) is 3.81. The Hall–Kier alpha value is -2.33. The number of amides is 1. The molecule has 3 aromatic rings. The summed E-state index contributed by atoms with van der Waals surface area (Å²) in [5.41, 5.74) is 2.88. The molecule has 0 saturated heterocycles.